The fraction of sp³-hybridized carbons (Fsp3) is 0.211. The number of ether oxygens (including phenoxy) is 1. The van der Waals surface area contributed by atoms with Gasteiger partial charge in [-0.05, 0) is 42.8 Å². The number of hydrogen-bond acceptors (Lipinski definition) is 5. The number of oxazole rings is 1. The largest absolute Gasteiger partial charge is 0.497 e. The highest BCUT2D eigenvalue weighted by Crippen LogP contribution is 2.27. The van der Waals surface area contributed by atoms with Crippen LogP contribution in [0.5, 0.6) is 5.75 Å². The molecule has 3 rings (SSSR count). The Morgan fingerprint density at radius 2 is 1.92 bits per heavy atom. The van der Waals surface area contributed by atoms with Crippen LogP contribution in [0.2, 0.25) is 0 Å². The van der Waals surface area contributed by atoms with E-state index >= 15 is 0 Å². The van der Waals surface area contributed by atoms with E-state index in [2.05, 4.69) is 10.3 Å². The Morgan fingerprint density at radius 3 is 2.62 bits per heavy atom. The molecule has 0 unspecified atom stereocenters. The van der Waals surface area contributed by atoms with Crippen LogP contribution in [0, 0.1) is 0 Å². The predicted octanol–water partition coefficient (Wildman–Crippen LogP) is 3.70. The number of fused-ring (bicyclic) bond motifs is 1. The zero-order chi connectivity index (χ0) is 18.5. The fourth-order valence-corrected chi connectivity index (χ4v) is 2.48. The van der Waals surface area contributed by atoms with Crippen molar-refractivity contribution in [3.8, 4) is 17.2 Å². The van der Waals surface area contributed by atoms with Crippen molar-refractivity contribution in [3.05, 3.63) is 42.5 Å². The third-order valence-corrected chi connectivity index (χ3v) is 3.80. The Morgan fingerprint density at radius 1 is 1.15 bits per heavy atom. The summed E-state index contributed by atoms with van der Waals surface area (Å²) >= 11 is 0. The first kappa shape index (κ1) is 17.5. The van der Waals surface area contributed by atoms with Crippen molar-refractivity contribution in [2.75, 3.05) is 12.4 Å². The normalized spacial score (nSPS) is 10.7. The predicted molar refractivity (Wildman–Crippen MR) is 96.1 cm³/mol. The van der Waals surface area contributed by atoms with E-state index in [0.29, 0.717) is 29.1 Å². The van der Waals surface area contributed by atoms with Crippen molar-refractivity contribution < 1.29 is 23.8 Å². The second-order valence-corrected chi connectivity index (χ2v) is 5.73. The fourth-order valence-electron chi connectivity index (χ4n) is 2.48. The van der Waals surface area contributed by atoms with E-state index in [1.807, 2.05) is 24.3 Å². The summed E-state index contributed by atoms with van der Waals surface area (Å²) in [4.78, 5) is 26.8. The zero-order valence-electron chi connectivity index (χ0n) is 14.2. The van der Waals surface area contributed by atoms with Crippen LogP contribution in [0.1, 0.15) is 19.3 Å². The number of aliphatic carboxylic acids is 1. The lowest BCUT2D eigenvalue weighted by Gasteiger charge is -2.03. The first-order valence-corrected chi connectivity index (χ1v) is 8.12. The SMILES string of the molecule is COc1ccc(-c2nc3ccc(NC(=O)CCCC(=O)O)cc3o2)cc1. The number of nitrogens with zero attached hydrogens (tertiary/aromatic N) is 1. The molecule has 1 amide bonds. The molecule has 0 saturated carbocycles. The number of rotatable bonds is 7. The summed E-state index contributed by atoms with van der Waals surface area (Å²) in [6.07, 6.45) is 0.422. The van der Waals surface area contributed by atoms with Crippen molar-refractivity contribution in [2.45, 2.75) is 19.3 Å². The molecule has 3 aromatic rings. The first-order valence-electron chi connectivity index (χ1n) is 8.12. The smallest absolute Gasteiger partial charge is 0.303 e. The summed E-state index contributed by atoms with van der Waals surface area (Å²) in [6, 6.07) is 12.6. The Kier molecular flexibility index (Phi) is 5.17. The number of methoxy groups -OCH3 is 1. The van der Waals surface area contributed by atoms with Crippen LogP contribution in [0.25, 0.3) is 22.6 Å². The van der Waals surface area contributed by atoms with Crippen LogP contribution >= 0.6 is 0 Å². The van der Waals surface area contributed by atoms with Gasteiger partial charge in [0.25, 0.3) is 0 Å². The maximum Gasteiger partial charge on any atom is 0.303 e. The van der Waals surface area contributed by atoms with Gasteiger partial charge in [0.05, 0.1) is 7.11 Å². The van der Waals surface area contributed by atoms with E-state index in [-0.39, 0.29) is 18.7 Å². The average Bonchev–Trinajstić information content (AvgIpc) is 3.04. The van der Waals surface area contributed by atoms with E-state index in [1.165, 1.54) is 0 Å². The summed E-state index contributed by atoms with van der Waals surface area (Å²) < 4.78 is 10.9. The number of carbonyl (C=O) groups is 2. The molecule has 0 aliphatic rings. The Bertz CT molecular complexity index is 931. The standard InChI is InChI=1S/C19H18N2O5/c1-25-14-8-5-12(6-9-14)19-21-15-10-7-13(11-16(15)26-19)20-17(22)3-2-4-18(23)24/h5-11H,2-4H2,1H3,(H,20,22)(H,23,24). The van der Waals surface area contributed by atoms with E-state index in [4.69, 9.17) is 14.3 Å². The van der Waals surface area contributed by atoms with Gasteiger partial charge < -0.3 is 19.6 Å². The van der Waals surface area contributed by atoms with Crippen LogP contribution in [-0.4, -0.2) is 29.1 Å². The number of anilines is 1. The minimum Gasteiger partial charge on any atom is -0.497 e. The molecule has 1 heterocycles. The molecule has 0 spiro atoms. The molecule has 0 atom stereocenters. The van der Waals surface area contributed by atoms with Gasteiger partial charge in [-0.2, -0.15) is 0 Å². The van der Waals surface area contributed by atoms with Gasteiger partial charge in [0, 0.05) is 30.2 Å². The summed E-state index contributed by atoms with van der Waals surface area (Å²) in [6.45, 7) is 0. The lowest BCUT2D eigenvalue weighted by Crippen LogP contribution is -2.11. The molecule has 7 heteroatoms. The average molecular weight is 354 g/mol. The lowest BCUT2D eigenvalue weighted by atomic mass is 10.2. The highest BCUT2D eigenvalue weighted by atomic mass is 16.5. The van der Waals surface area contributed by atoms with Crippen LogP contribution < -0.4 is 10.1 Å². The molecule has 7 nitrogen and oxygen atoms in total. The van der Waals surface area contributed by atoms with Crippen LogP contribution in [0.15, 0.2) is 46.9 Å². The Balaban J connectivity index is 1.72. The van der Waals surface area contributed by atoms with E-state index < -0.39 is 5.97 Å². The van der Waals surface area contributed by atoms with Gasteiger partial charge in [0.1, 0.15) is 11.3 Å². The maximum absolute atomic E-state index is 11.9. The van der Waals surface area contributed by atoms with E-state index in [1.54, 1.807) is 25.3 Å². The molecule has 134 valence electrons. The topological polar surface area (TPSA) is 102 Å². The molecule has 0 saturated heterocycles. The summed E-state index contributed by atoms with van der Waals surface area (Å²) in [5.74, 6) is 0.0813. The van der Waals surface area contributed by atoms with Crippen molar-refractivity contribution in [2.24, 2.45) is 0 Å². The number of aromatic nitrogens is 1. The monoisotopic (exact) mass is 354 g/mol. The van der Waals surface area contributed by atoms with Crippen LogP contribution in [0.4, 0.5) is 5.69 Å². The number of benzene rings is 2. The molecular weight excluding hydrogens is 336 g/mol. The van der Waals surface area contributed by atoms with Crippen molar-refractivity contribution in [1.29, 1.82) is 0 Å². The molecule has 26 heavy (non-hydrogen) atoms. The molecule has 1 aromatic heterocycles. The van der Waals surface area contributed by atoms with Gasteiger partial charge in [-0.15, -0.1) is 0 Å². The van der Waals surface area contributed by atoms with E-state index in [0.717, 1.165) is 11.3 Å². The number of amides is 1. The van der Waals surface area contributed by atoms with Gasteiger partial charge in [-0.1, -0.05) is 0 Å². The maximum atomic E-state index is 11.9. The highest BCUT2D eigenvalue weighted by Gasteiger charge is 2.10. The number of nitrogens with one attached hydrogen (secondary N) is 1. The minimum absolute atomic E-state index is 0.0280. The zero-order valence-corrected chi connectivity index (χ0v) is 14.2. The van der Waals surface area contributed by atoms with Crippen molar-refractivity contribution in [1.82, 2.24) is 4.98 Å². The Labute approximate surface area is 149 Å². The number of carboxylic acid groups (broad SMARTS) is 1. The molecule has 2 aromatic carbocycles. The summed E-state index contributed by atoms with van der Waals surface area (Å²) in [7, 11) is 1.60. The Hall–Kier alpha value is -3.35. The van der Waals surface area contributed by atoms with Gasteiger partial charge in [-0.25, -0.2) is 4.98 Å². The molecule has 0 bridgehead atoms. The quantitative estimate of drug-likeness (QED) is 0.671. The lowest BCUT2D eigenvalue weighted by molar-refractivity contribution is -0.137. The molecule has 0 aliphatic carbocycles. The van der Waals surface area contributed by atoms with Gasteiger partial charge in [0.15, 0.2) is 5.58 Å². The van der Waals surface area contributed by atoms with Crippen molar-refractivity contribution in [3.63, 3.8) is 0 Å². The van der Waals surface area contributed by atoms with Gasteiger partial charge >= 0.3 is 5.97 Å². The van der Waals surface area contributed by atoms with Crippen LogP contribution in [-0.2, 0) is 9.59 Å². The third-order valence-electron chi connectivity index (χ3n) is 3.80. The second kappa shape index (κ2) is 7.69. The highest BCUT2D eigenvalue weighted by molar-refractivity contribution is 5.93. The minimum atomic E-state index is -0.910. The number of hydrogen-bond donors (Lipinski definition) is 2. The summed E-state index contributed by atoms with van der Waals surface area (Å²) in [5, 5.41) is 11.3. The summed E-state index contributed by atoms with van der Waals surface area (Å²) in [5.41, 5.74) is 2.63. The number of carboxylic acids is 1. The number of carbonyl (C=O) groups excluding carboxylic acids is 1. The third kappa shape index (κ3) is 4.18. The van der Waals surface area contributed by atoms with Gasteiger partial charge in [-0.3, -0.25) is 9.59 Å². The molecule has 0 aliphatic heterocycles. The van der Waals surface area contributed by atoms with E-state index in [9.17, 15) is 9.59 Å². The molecule has 0 radical (unpaired) electrons. The first-order chi connectivity index (χ1) is 12.5. The molecule has 0 fully saturated rings. The molecular formula is C19H18N2O5. The van der Waals surface area contributed by atoms with Gasteiger partial charge in [0.2, 0.25) is 11.8 Å². The second-order valence-electron chi connectivity index (χ2n) is 5.73. The molecule has 2 N–H and O–H groups in total. The van der Waals surface area contributed by atoms with Crippen molar-refractivity contribution >= 4 is 28.7 Å². The van der Waals surface area contributed by atoms with Crippen LogP contribution in [0.3, 0.4) is 0 Å².